The summed E-state index contributed by atoms with van der Waals surface area (Å²) in [5.74, 6) is 1.72. The zero-order chi connectivity index (χ0) is 22.6. The normalized spacial score (nSPS) is 11.0. The molecule has 0 fully saturated rings. The van der Waals surface area contributed by atoms with Crippen molar-refractivity contribution >= 4 is 16.9 Å². The molecule has 2 heterocycles. The van der Waals surface area contributed by atoms with Crippen LogP contribution in [0, 0.1) is 6.92 Å². The number of aromatic nitrogens is 3. The van der Waals surface area contributed by atoms with Gasteiger partial charge in [-0.2, -0.15) is 0 Å². The van der Waals surface area contributed by atoms with Crippen molar-refractivity contribution in [2.45, 2.75) is 13.3 Å². The number of nitrogens with one attached hydrogen (secondary N) is 1. The maximum absolute atomic E-state index is 5.26. The maximum Gasteiger partial charge on any atom is 0.150 e. The minimum absolute atomic E-state index is 0.766. The van der Waals surface area contributed by atoms with Crippen molar-refractivity contribution in [2.75, 3.05) is 19.0 Å². The van der Waals surface area contributed by atoms with Gasteiger partial charge in [-0.05, 0) is 54.3 Å². The van der Waals surface area contributed by atoms with Crippen LogP contribution in [-0.4, -0.2) is 28.2 Å². The molecular weight excluding hydrogens is 408 g/mol. The quantitative estimate of drug-likeness (QED) is 0.338. The molecule has 3 aromatic carbocycles. The summed E-state index contributed by atoms with van der Waals surface area (Å²) in [5, 5.41) is 4.58. The van der Waals surface area contributed by atoms with Gasteiger partial charge in [0, 0.05) is 24.0 Å². The van der Waals surface area contributed by atoms with E-state index in [2.05, 4.69) is 93.6 Å². The molecule has 0 aliphatic rings. The molecule has 2 aromatic heterocycles. The van der Waals surface area contributed by atoms with Crippen LogP contribution < -0.4 is 10.1 Å². The second-order valence-electron chi connectivity index (χ2n) is 8.06. The molecule has 0 amide bonds. The number of rotatable bonds is 7. The molecule has 5 rings (SSSR count). The number of aryl methyl sites for hydroxylation is 1. The van der Waals surface area contributed by atoms with Gasteiger partial charge in [0.05, 0.1) is 12.5 Å². The van der Waals surface area contributed by atoms with E-state index in [0.717, 1.165) is 52.4 Å². The zero-order valence-electron chi connectivity index (χ0n) is 18.8. The predicted octanol–water partition coefficient (Wildman–Crippen LogP) is 6.06. The van der Waals surface area contributed by atoms with E-state index < -0.39 is 0 Å². The van der Waals surface area contributed by atoms with Crippen molar-refractivity contribution in [1.82, 2.24) is 14.5 Å². The number of methoxy groups -OCH3 is 1. The van der Waals surface area contributed by atoms with Gasteiger partial charge in [0.2, 0.25) is 0 Å². The monoisotopic (exact) mass is 434 g/mol. The van der Waals surface area contributed by atoms with Gasteiger partial charge in [0.25, 0.3) is 0 Å². The highest BCUT2D eigenvalue weighted by Crippen LogP contribution is 2.35. The van der Waals surface area contributed by atoms with Gasteiger partial charge in [-0.3, -0.25) is 0 Å². The van der Waals surface area contributed by atoms with Gasteiger partial charge in [-0.15, -0.1) is 0 Å². The van der Waals surface area contributed by atoms with Crippen LogP contribution in [0.1, 0.15) is 11.1 Å². The molecule has 0 spiro atoms. The average Bonchev–Trinajstić information content (AvgIpc) is 3.26. The van der Waals surface area contributed by atoms with E-state index in [0.29, 0.717) is 0 Å². The fourth-order valence-electron chi connectivity index (χ4n) is 4.12. The Hall–Kier alpha value is -4.12. The summed E-state index contributed by atoms with van der Waals surface area (Å²) >= 11 is 0. The van der Waals surface area contributed by atoms with Crippen LogP contribution in [0.4, 0.5) is 5.82 Å². The van der Waals surface area contributed by atoms with E-state index >= 15 is 0 Å². The smallest absolute Gasteiger partial charge is 0.150 e. The number of benzene rings is 3. The van der Waals surface area contributed by atoms with E-state index in [9.17, 15) is 0 Å². The highest BCUT2D eigenvalue weighted by atomic mass is 16.5. The van der Waals surface area contributed by atoms with E-state index in [1.165, 1.54) is 11.1 Å². The van der Waals surface area contributed by atoms with Crippen molar-refractivity contribution in [3.63, 3.8) is 0 Å². The van der Waals surface area contributed by atoms with Gasteiger partial charge < -0.3 is 14.6 Å². The predicted molar refractivity (Wildman–Crippen MR) is 134 cm³/mol. The molecule has 0 aliphatic carbocycles. The van der Waals surface area contributed by atoms with Crippen LogP contribution >= 0.6 is 0 Å². The number of nitrogens with zero attached hydrogens (tertiary/aromatic N) is 3. The number of fused-ring (bicyclic) bond motifs is 1. The van der Waals surface area contributed by atoms with Gasteiger partial charge in [0.15, 0.2) is 5.65 Å². The molecule has 1 N–H and O–H groups in total. The fourth-order valence-corrected chi connectivity index (χ4v) is 4.12. The van der Waals surface area contributed by atoms with Crippen molar-refractivity contribution in [3.8, 4) is 22.6 Å². The summed E-state index contributed by atoms with van der Waals surface area (Å²) in [6, 6.07) is 27.1. The van der Waals surface area contributed by atoms with E-state index in [-0.39, 0.29) is 0 Å². The Morgan fingerprint density at radius 2 is 1.73 bits per heavy atom. The van der Waals surface area contributed by atoms with Crippen LogP contribution in [-0.2, 0) is 6.42 Å². The number of hydrogen-bond acceptors (Lipinski definition) is 4. The van der Waals surface area contributed by atoms with Crippen molar-refractivity contribution in [1.29, 1.82) is 0 Å². The summed E-state index contributed by atoms with van der Waals surface area (Å²) in [5.41, 5.74) is 6.68. The lowest BCUT2D eigenvalue weighted by molar-refractivity contribution is 0.414. The highest BCUT2D eigenvalue weighted by Gasteiger charge is 2.17. The second kappa shape index (κ2) is 9.17. The Kier molecular flexibility index (Phi) is 5.77. The van der Waals surface area contributed by atoms with Crippen LogP contribution in [0.5, 0.6) is 5.75 Å². The Morgan fingerprint density at radius 3 is 2.48 bits per heavy atom. The molecule has 0 saturated carbocycles. The summed E-state index contributed by atoms with van der Waals surface area (Å²) in [6.45, 7) is 2.87. The molecule has 0 atom stereocenters. The molecule has 33 heavy (non-hydrogen) atoms. The molecule has 164 valence electrons. The minimum atomic E-state index is 0.766. The first kappa shape index (κ1) is 20.8. The largest absolute Gasteiger partial charge is 0.497 e. The third-order valence-electron chi connectivity index (χ3n) is 5.81. The lowest BCUT2D eigenvalue weighted by Gasteiger charge is -2.09. The third-order valence-corrected chi connectivity index (χ3v) is 5.81. The van der Waals surface area contributed by atoms with Crippen molar-refractivity contribution < 1.29 is 4.74 Å². The Morgan fingerprint density at radius 1 is 0.909 bits per heavy atom. The standard InChI is InChI=1S/C28H26N4O/c1-20-7-6-10-23(17-20)32-18-25(22-8-4-3-5-9-22)26-27(30-19-31-28(26)32)29-16-15-21-11-13-24(33-2)14-12-21/h3-14,17-19H,15-16H2,1-2H3,(H,29,30,31). The maximum atomic E-state index is 5.26. The number of hydrogen-bond donors (Lipinski definition) is 1. The Labute approximate surface area is 193 Å². The summed E-state index contributed by atoms with van der Waals surface area (Å²) in [6.07, 6.45) is 4.69. The Balaban J connectivity index is 1.53. The molecule has 0 bridgehead atoms. The van der Waals surface area contributed by atoms with Gasteiger partial charge in [-0.1, -0.05) is 54.6 Å². The first-order valence-electron chi connectivity index (χ1n) is 11.1. The molecule has 0 saturated heterocycles. The first-order chi connectivity index (χ1) is 16.2. The van der Waals surface area contributed by atoms with E-state index in [1.54, 1.807) is 13.4 Å². The Bertz CT molecular complexity index is 1370. The topological polar surface area (TPSA) is 52.0 Å². The van der Waals surface area contributed by atoms with Gasteiger partial charge in [0.1, 0.15) is 17.9 Å². The second-order valence-corrected chi connectivity index (χ2v) is 8.06. The van der Waals surface area contributed by atoms with E-state index in [4.69, 9.17) is 4.74 Å². The lowest BCUT2D eigenvalue weighted by atomic mass is 10.1. The van der Waals surface area contributed by atoms with Gasteiger partial charge >= 0.3 is 0 Å². The summed E-state index contributed by atoms with van der Waals surface area (Å²) in [4.78, 5) is 9.30. The first-order valence-corrected chi connectivity index (χ1v) is 11.1. The van der Waals surface area contributed by atoms with Gasteiger partial charge in [-0.25, -0.2) is 9.97 Å². The van der Waals surface area contributed by atoms with Crippen LogP contribution in [0.3, 0.4) is 0 Å². The van der Waals surface area contributed by atoms with Crippen molar-refractivity contribution in [2.24, 2.45) is 0 Å². The molecule has 5 nitrogen and oxygen atoms in total. The average molecular weight is 435 g/mol. The minimum Gasteiger partial charge on any atom is -0.497 e. The third kappa shape index (κ3) is 4.30. The fraction of sp³-hybridized carbons (Fsp3) is 0.143. The molecule has 0 unspecified atom stereocenters. The lowest BCUT2D eigenvalue weighted by Crippen LogP contribution is -2.07. The molecule has 0 aliphatic heterocycles. The van der Waals surface area contributed by atoms with Crippen molar-refractivity contribution in [3.05, 3.63) is 103 Å². The molecule has 5 aromatic rings. The number of ether oxygens (including phenoxy) is 1. The van der Waals surface area contributed by atoms with Crippen LogP contribution in [0.25, 0.3) is 27.8 Å². The molecule has 0 radical (unpaired) electrons. The molecular formula is C28H26N4O. The van der Waals surface area contributed by atoms with E-state index in [1.807, 2.05) is 18.2 Å². The molecule has 5 heteroatoms. The van der Waals surface area contributed by atoms with Crippen LogP contribution in [0.15, 0.2) is 91.4 Å². The summed E-state index contributed by atoms with van der Waals surface area (Å²) < 4.78 is 7.41. The van der Waals surface area contributed by atoms with Crippen LogP contribution in [0.2, 0.25) is 0 Å². The zero-order valence-corrected chi connectivity index (χ0v) is 18.8. The SMILES string of the molecule is COc1ccc(CCNc2ncnc3c2c(-c2ccccc2)cn3-c2cccc(C)c2)cc1. The summed E-state index contributed by atoms with van der Waals surface area (Å²) in [7, 11) is 1.68. The highest BCUT2D eigenvalue weighted by molar-refractivity contribution is 6.02. The number of anilines is 1.